The summed E-state index contributed by atoms with van der Waals surface area (Å²) in [6, 6.07) is 6.25. The van der Waals surface area contributed by atoms with Gasteiger partial charge in [-0.15, -0.1) is 0 Å². The number of aryl methyl sites for hydroxylation is 1. The smallest absolute Gasteiger partial charge is 0.128 e. The van der Waals surface area contributed by atoms with Gasteiger partial charge in [0.1, 0.15) is 5.82 Å². The van der Waals surface area contributed by atoms with Crippen LogP contribution in [-0.4, -0.2) is 18.1 Å². The number of hydrogen-bond donors (Lipinski definition) is 0. The molecule has 2 rings (SSSR count). The van der Waals surface area contributed by atoms with Gasteiger partial charge in [0.25, 0.3) is 0 Å². The second-order valence-corrected chi connectivity index (χ2v) is 3.68. The molecule has 0 bridgehead atoms. The van der Waals surface area contributed by atoms with Gasteiger partial charge >= 0.3 is 0 Å². The van der Waals surface area contributed by atoms with E-state index in [1.165, 1.54) is 32.4 Å². The van der Waals surface area contributed by atoms with Crippen molar-refractivity contribution < 1.29 is 0 Å². The maximum absolute atomic E-state index is 4.52. The zero-order valence-corrected chi connectivity index (χ0v) is 8.16. The van der Waals surface area contributed by atoms with Crippen LogP contribution in [0.15, 0.2) is 18.2 Å². The summed E-state index contributed by atoms with van der Waals surface area (Å²) in [7, 11) is 0. The van der Waals surface area contributed by atoms with E-state index in [1.54, 1.807) is 0 Å². The highest BCUT2D eigenvalue weighted by atomic mass is 15.2. The number of aromatic nitrogens is 1. The average molecular weight is 176 g/mol. The van der Waals surface area contributed by atoms with Crippen molar-refractivity contribution in [2.75, 3.05) is 18.0 Å². The number of pyridine rings is 1. The van der Waals surface area contributed by atoms with Gasteiger partial charge in [-0.25, -0.2) is 4.98 Å². The Labute approximate surface area is 79.6 Å². The van der Waals surface area contributed by atoms with Gasteiger partial charge in [0.15, 0.2) is 0 Å². The third-order valence-electron chi connectivity index (χ3n) is 2.55. The van der Waals surface area contributed by atoms with Crippen LogP contribution in [-0.2, 0) is 0 Å². The summed E-state index contributed by atoms with van der Waals surface area (Å²) in [4.78, 5) is 6.91. The molecule has 0 atom stereocenters. The molecule has 1 aromatic rings. The fraction of sp³-hybridized carbons (Fsp3) is 0.545. The molecule has 0 N–H and O–H groups in total. The van der Waals surface area contributed by atoms with Crippen molar-refractivity contribution in [1.82, 2.24) is 4.98 Å². The van der Waals surface area contributed by atoms with Crippen LogP contribution < -0.4 is 4.90 Å². The van der Waals surface area contributed by atoms with Crippen LogP contribution in [0.25, 0.3) is 0 Å². The van der Waals surface area contributed by atoms with Crippen LogP contribution >= 0.6 is 0 Å². The van der Waals surface area contributed by atoms with Crippen LogP contribution in [0.3, 0.4) is 0 Å². The zero-order chi connectivity index (χ0) is 9.10. The predicted octanol–water partition coefficient (Wildman–Crippen LogP) is 2.38. The maximum Gasteiger partial charge on any atom is 0.128 e. The van der Waals surface area contributed by atoms with Gasteiger partial charge in [0.2, 0.25) is 0 Å². The molecule has 2 nitrogen and oxygen atoms in total. The first-order valence-corrected chi connectivity index (χ1v) is 5.05. The number of rotatable bonds is 1. The minimum atomic E-state index is 1.11. The quantitative estimate of drug-likeness (QED) is 0.653. The highest BCUT2D eigenvalue weighted by molar-refractivity contribution is 5.39. The van der Waals surface area contributed by atoms with Gasteiger partial charge in [-0.2, -0.15) is 0 Å². The Bertz CT molecular complexity index is 277. The van der Waals surface area contributed by atoms with Gasteiger partial charge < -0.3 is 4.90 Å². The van der Waals surface area contributed by atoms with E-state index in [1.807, 2.05) is 13.0 Å². The molecule has 0 spiro atoms. The molecule has 13 heavy (non-hydrogen) atoms. The van der Waals surface area contributed by atoms with Crippen molar-refractivity contribution in [2.24, 2.45) is 0 Å². The van der Waals surface area contributed by atoms with Gasteiger partial charge in [-0.1, -0.05) is 6.07 Å². The largest absolute Gasteiger partial charge is 0.357 e. The molecule has 0 aliphatic carbocycles. The minimum Gasteiger partial charge on any atom is -0.357 e. The Morgan fingerprint density at radius 2 is 1.92 bits per heavy atom. The van der Waals surface area contributed by atoms with E-state index in [2.05, 4.69) is 22.0 Å². The first kappa shape index (κ1) is 8.54. The summed E-state index contributed by atoms with van der Waals surface area (Å²) in [6.07, 6.45) is 4.01. The van der Waals surface area contributed by atoms with Gasteiger partial charge in [-0.3, -0.25) is 0 Å². The first-order valence-electron chi connectivity index (χ1n) is 5.05. The third kappa shape index (κ3) is 2.00. The summed E-state index contributed by atoms with van der Waals surface area (Å²) >= 11 is 0. The standard InChI is InChI=1S/C11H16N2/c1-10-6-5-7-11(12-10)13-8-3-2-4-9-13/h5-7H,2-4,8-9H2,1H3. The SMILES string of the molecule is Cc1cccc(N2CCCCC2)n1. The van der Waals surface area contributed by atoms with Crippen LogP contribution in [0.2, 0.25) is 0 Å². The van der Waals surface area contributed by atoms with Gasteiger partial charge in [0.05, 0.1) is 0 Å². The van der Waals surface area contributed by atoms with E-state index >= 15 is 0 Å². The Balaban J connectivity index is 2.14. The highest BCUT2D eigenvalue weighted by Crippen LogP contribution is 2.17. The molecule has 0 saturated carbocycles. The van der Waals surface area contributed by atoms with E-state index in [0.717, 1.165) is 11.5 Å². The van der Waals surface area contributed by atoms with Crippen LogP contribution in [0.5, 0.6) is 0 Å². The lowest BCUT2D eigenvalue weighted by Gasteiger charge is -2.27. The summed E-state index contributed by atoms with van der Waals surface area (Å²) in [5, 5.41) is 0. The minimum absolute atomic E-state index is 1.11. The Morgan fingerprint density at radius 3 is 2.62 bits per heavy atom. The maximum atomic E-state index is 4.52. The lowest BCUT2D eigenvalue weighted by atomic mass is 10.1. The molecule has 0 radical (unpaired) electrons. The fourth-order valence-corrected chi connectivity index (χ4v) is 1.83. The molecule has 2 heterocycles. The average Bonchev–Trinajstić information content (AvgIpc) is 2.19. The van der Waals surface area contributed by atoms with E-state index in [-0.39, 0.29) is 0 Å². The lowest BCUT2D eigenvalue weighted by Crippen LogP contribution is -2.30. The zero-order valence-electron chi connectivity index (χ0n) is 8.16. The van der Waals surface area contributed by atoms with Crippen LogP contribution in [0, 0.1) is 6.92 Å². The van der Waals surface area contributed by atoms with Gasteiger partial charge in [-0.05, 0) is 38.3 Å². The van der Waals surface area contributed by atoms with Crippen molar-refractivity contribution in [3.8, 4) is 0 Å². The van der Waals surface area contributed by atoms with E-state index in [4.69, 9.17) is 0 Å². The predicted molar refractivity (Wildman–Crippen MR) is 55.0 cm³/mol. The molecule has 0 amide bonds. The monoisotopic (exact) mass is 176 g/mol. The Hall–Kier alpha value is -1.05. The number of nitrogens with zero attached hydrogens (tertiary/aromatic N) is 2. The highest BCUT2D eigenvalue weighted by Gasteiger charge is 2.11. The van der Waals surface area contributed by atoms with Crippen molar-refractivity contribution >= 4 is 5.82 Å². The summed E-state index contributed by atoms with van der Waals surface area (Å²) in [5.41, 5.74) is 1.11. The molecule has 1 aliphatic heterocycles. The second-order valence-electron chi connectivity index (χ2n) is 3.68. The number of piperidine rings is 1. The van der Waals surface area contributed by atoms with E-state index in [0.29, 0.717) is 0 Å². The topological polar surface area (TPSA) is 16.1 Å². The summed E-state index contributed by atoms with van der Waals surface area (Å²) in [5.74, 6) is 1.15. The number of hydrogen-bond acceptors (Lipinski definition) is 2. The molecule has 0 aromatic carbocycles. The number of anilines is 1. The van der Waals surface area contributed by atoms with E-state index < -0.39 is 0 Å². The molecule has 70 valence electrons. The first-order chi connectivity index (χ1) is 6.36. The van der Waals surface area contributed by atoms with E-state index in [9.17, 15) is 0 Å². The Morgan fingerprint density at radius 1 is 1.15 bits per heavy atom. The molecule has 1 saturated heterocycles. The van der Waals surface area contributed by atoms with Crippen LogP contribution in [0.4, 0.5) is 5.82 Å². The molecule has 1 aliphatic rings. The second kappa shape index (κ2) is 3.77. The molecule has 2 heteroatoms. The van der Waals surface area contributed by atoms with Crippen molar-refractivity contribution in [3.05, 3.63) is 23.9 Å². The normalized spacial score (nSPS) is 17.5. The van der Waals surface area contributed by atoms with Crippen molar-refractivity contribution in [1.29, 1.82) is 0 Å². The lowest BCUT2D eigenvalue weighted by molar-refractivity contribution is 0.573. The van der Waals surface area contributed by atoms with Crippen LogP contribution in [0.1, 0.15) is 25.0 Å². The molecule has 0 unspecified atom stereocenters. The molecular weight excluding hydrogens is 160 g/mol. The molecular formula is C11H16N2. The summed E-state index contributed by atoms with van der Waals surface area (Å²) < 4.78 is 0. The summed E-state index contributed by atoms with van der Waals surface area (Å²) in [6.45, 7) is 4.40. The van der Waals surface area contributed by atoms with Crippen molar-refractivity contribution in [2.45, 2.75) is 26.2 Å². The fourth-order valence-electron chi connectivity index (χ4n) is 1.83. The third-order valence-corrected chi connectivity index (χ3v) is 2.55. The Kier molecular flexibility index (Phi) is 2.48. The molecule has 1 fully saturated rings. The molecule has 1 aromatic heterocycles. The van der Waals surface area contributed by atoms with Gasteiger partial charge in [0, 0.05) is 18.8 Å². The van der Waals surface area contributed by atoms with Crippen molar-refractivity contribution in [3.63, 3.8) is 0 Å².